The number of likely N-dealkylation sites (tertiary alicyclic amines) is 1. The molecule has 0 bridgehead atoms. The molecule has 0 saturated carbocycles. The Bertz CT molecular complexity index is 587. The molecule has 7 heteroatoms. The molecule has 1 aliphatic heterocycles. The number of hydrogen-bond donors (Lipinski definition) is 2. The van der Waals surface area contributed by atoms with E-state index in [1.54, 1.807) is 4.90 Å². The van der Waals surface area contributed by atoms with Crippen LogP contribution in [0.5, 0.6) is 0 Å². The molecule has 0 unspecified atom stereocenters. The van der Waals surface area contributed by atoms with Crippen molar-refractivity contribution in [2.75, 3.05) is 26.2 Å². The fourth-order valence-corrected chi connectivity index (χ4v) is 2.92. The van der Waals surface area contributed by atoms with E-state index >= 15 is 0 Å². The first-order chi connectivity index (χ1) is 12.1. The minimum atomic E-state index is -0.207. The molecule has 0 atom stereocenters. The van der Waals surface area contributed by atoms with Crippen molar-refractivity contribution >= 4 is 36.0 Å². The molecule has 1 saturated heterocycles. The zero-order chi connectivity index (χ0) is 18.1. The van der Waals surface area contributed by atoms with Gasteiger partial charge in [0.15, 0.2) is 5.96 Å². The number of hydrogen-bond acceptors (Lipinski definition) is 3. The van der Waals surface area contributed by atoms with Gasteiger partial charge >= 0.3 is 6.09 Å². The van der Waals surface area contributed by atoms with Crippen molar-refractivity contribution < 1.29 is 9.53 Å². The lowest BCUT2D eigenvalue weighted by molar-refractivity contribution is 0.0963. The maximum absolute atomic E-state index is 11.8. The van der Waals surface area contributed by atoms with Gasteiger partial charge in [0.1, 0.15) is 0 Å². The summed E-state index contributed by atoms with van der Waals surface area (Å²) in [5.74, 6) is 0.832. The summed E-state index contributed by atoms with van der Waals surface area (Å²) in [4.78, 5) is 18.2. The SMILES string of the molecule is CCNC(=NCc1cccc(C)c1)NC1CCN(C(=O)OCC)CC1.I. The molecule has 2 N–H and O–H groups in total. The molecule has 0 aromatic heterocycles. The van der Waals surface area contributed by atoms with Crippen LogP contribution < -0.4 is 10.6 Å². The number of nitrogens with zero attached hydrogens (tertiary/aromatic N) is 2. The number of benzene rings is 1. The minimum Gasteiger partial charge on any atom is -0.450 e. The summed E-state index contributed by atoms with van der Waals surface area (Å²) in [5, 5.41) is 6.80. The van der Waals surface area contributed by atoms with Crippen LogP contribution in [-0.2, 0) is 11.3 Å². The summed E-state index contributed by atoms with van der Waals surface area (Å²) in [6.45, 7) is 9.32. The Morgan fingerprint density at radius 2 is 2.04 bits per heavy atom. The third-order valence-electron chi connectivity index (χ3n) is 4.21. The zero-order valence-electron chi connectivity index (χ0n) is 16.0. The summed E-state index contributed by atoms with van der Waals surface area (Å²) in [5.41, 5.74) is 2.45. The Morgan fingerprint density at radius 1 is 1.31 bits per heavy atom. The van der Waals surface area contributed by atoms with Gasteiger partial charge in [0.2, 0.25) is 0 Å². The van der Waals surface area contributed by atoms with Gasteiger partial charge in [-0.25, -0.2) is 9.79 Å². The molecular weight excluding hydrogens is 443 g/mol. The summed E-state index contributed by atoms with van der Waals surface area (Å²) >= 11 is 0. The van der Waals surface area contributed by atoms with Crippen molar-refractivity contribution in [2.45, 2.75) is 46.2 Å². The maximum atomic E-state index is 11.8. The van der Waals surface area contributed by atoms with E-state index < -0.39 is 0 Å². The second-order valence-corrected chi connectivity index (χ2v) is 6.29. The molecule has 1 aliphatic rings. The number of carbonyl (C=O) groups excluding carboxylic acids is 1. The van der Waals surface area contributed by atoms with Gasteiger partial charge in [0.05, 0.1) is 13.2 Å². The van der Waals surface area contributed by atoms with Crippen LogP contribution in [0.1, 0.15) is 37.8 Å². The third kappa shape index (κ3) is 7.39. The van der Waals surface area contributed by atoms with Gasteiger partial charge in [-0.2, -0.15) is 0 Å². The molecule has 2 rings (SSSR count). The third-order valence-corrected chi connectivity index (χ3v) is 4.21. The van der Waals surface area contributed by atoms with Crippen LogP contribution in [0.15, 0.2) is 29.3 Å². The number of guanidine groups is 1. The highest BCUT2D eigenvalue weighted by atomic mass is 127. The summed E-state index contributed by atoms with van der Waals surface area (Å²) in [6.07, 6.45) is 1.59. The largest absolute Gasteiger partial charge is 0.450 e. The number of rotatable bonds is 5. The van der Waals surface area contributed by atoms with E-state index in [9.17, 15) is 4.79 Å². The van der Waals surface area contributed by atoms with Crippen molar-refractivity contribution in [1.82, 2.24) is 15.5 Å². The molecule has 1 fully saturated rings. The van der Waals surface area contributed by atoms with Gasteiger partial charge in [0, 0.05) is 25.7 Å². The molecule has 146 valence electrons. The van der Waals surface area contributed by atoms with Crippen molar-refractivity contribution in [1.29, 1.82) is 0 Å². The number of halogens is 1. The molecule has 0 aliphatic carbocycles. The molecule has 1 amide bonds. The highest BCUT2D eigenvalue weighted by Gasteiger charge is 2.23. The topological polar surface area (TPSA) is 66.0 Å². The molecule has 0 spiro atoms. The standard InChI is InChI=1S/C19H30N4O2.HI/c1-4-20-18(21-14-16-8-6-7-15(3)13-16)22-17-9-11-23(12-10-17)19(24)25-5-2;/h6-8,13,17H,4-5,9-12,14H2,1-3H3,(H2,20,21,22);1H. The van der Waals surface area contributed by atoms with Gasteiger partial charge < -0.3 is 20.3 Å². The Kier molecular flexibility index (Phi) is 10.4. The quantitative estimate of drug-likeness (QED) is 0.391. The van der Waals surface area contributed by atoms with E-state index in [0.29, 0.717) is 32.3 Å². The van der Waals surface area contributed by atoms with Crippen LogP contribution in [-0.4, -0.2) is 49.2 Å². The Balaban J connectivity index is 0.00000338. The zero-order valence-corrected chi connectivity index (χ0v) is 18.3. The van der Waals surface area contributed by atoms with E-state index in [-0.39, 0.29) is 30.1 Å². The average molecular weight is 474 g/mol. The predicted octanol–water partition coefficient (Wildman–Crippen LogP) is 3.29. The molecular formula is C19H31IN4O2. The lowest BCUT2D eigenvalue weighted by Crippen LogP contribution is -2.49. The molecule has 0 radical (unpaired) electrons. The Hall–Kier alpha value is -1.51. The van der Waals surface area contributed by atoms with Crippen LogP contribution in [0.25, 0.3) is 0 Å². The van der Waals surface area contributed by atoms with Crippen molar-refractivity contribution in [3.05, 3.63) is 35.4 Å². The van der Waals surface area contributed by atoms with E-state index in [2.05, 4.69) is 48.7 Å². The molecule has 6 nitrogen and oxygen atoms in total. The molecule has 1 aromatic rings. The second kappa shape index (κ2) is 12.0. The monoisotopic (exact) mass is 474 g/mol. The van der Waals surface area contributed by atoms with Crippen LogP contribution in [0, 0.1) is 6.92 Å². The number of aryl methyl sites for hydroxylation is 1. The van der Waals surface area contributed by atoms with Gasteiger partial charge in [-0.15, -0.1) is 24.0 Å². The summed E-state index contributed by atoms with van der Waals surface area (Å²) in [6, 6.07) is 8.73. The summed E-state index contributed by atoms with van der Waals surface area (Å²) in [7, 11) is 0. The number of ether oxygens (including phenoxy) is 1. The highest BCUT2D eigenvalue weighted by molar-refractivity contribution is 14.0. The number of aliphatic imine (C=N–C) groups is 1. The van der Waals surface area contributed by atoms with E-state index in [1.165, 1.54) is 11.1 Å². The second-order valence-electron chi connectivity index (χ2n) is 6.29. The van der Waals surface area contributed by atoms with Gasteiger partial charge in [-0.3, -0.25) is 0 Å². The first-order valence-electron chi connectivity index (χ1n) is 9.14. The van der Waals surface area contributed by atoms with E-state index in [0.717, 1.165) is 25.3 Å². The maximum Gasteiger partial charge on any atom is 0.409 e. The van der Waals surface area contributed by atoms with Gasteiger partial charge in [-0.1, -0.05) is 29.8 Å². The summed E-state index contributed by atoms with van der Waals surface area (Å²) < 4.78 is 5.06. The minimum absolute atomic E-state index is 0. The molecule has 26 heavy (non-hydrogen) atoms. The van der Waals surface area contributed by atoms with Crippen LogP contribution in [0.2, 0.25) is 0 Å². The number of nitrogens with one attached hydrogen (secondary N) is 2. The van der Waals surface area contributed by atoms with Crippen molar-refractivity contribution in [3.63, 3.8) is 0 Å². The lowest BCUT2D eigenvalue weighted by atomic mass is 10.1. The molecule has 1 heterocycles. The van der Waals surface area contributed by atoms with Crippen LogP contribution in [0.3, 0.4) is 0 Å². The number of amides is 1. The predicted molar refractivity (Wildman–Crippen MR) is 116 cm³/mol. The van der Waals surface area contributed by atoms with Crippen LogP contribution in [0.4, 0.5) is 4.79 Å². The van der Waals surface area contributed by atoms with Gasteiger partial charge in [-0.05, 0) is 39.2 Å². The van der Waals surface area contributed by atoms with Crippen molar-refractivity contribution in [3.8, 4) is 0 Å². The van der Waals surface area contributed by atoms with E-state index in [4.69, 9.17) is 9.73 Å². The Labute approximate surface area is 173 Å². The molecule has 1 aromatic carbocycles. The first kappa shape index (κ1) is 22.5. The smallest absolute Gasteiger partial charge is 0.409 e. The van der Waals surface area contributed by atoms with Gasteiger partial charge in [0.25, 0.3) is 0 Å². The lowest BCUT2D eigenvalue weighted by Gasteiger charge is -2.32. The Morgan fingerprint density at radius 3 is 2.65 bits per heavy atom. The fraction of sp³-hybridized carbons (Fsp3) is 0.579. The van der Waals surface area contributed by atoms with E-state index in [1.807, 2.05) is 6.92 Å². The number of carbonyl (C=O) groups is 1. The number of piperidine rings is 1. The normalized spacial score (nSPS) is 15.2. The fourth-order valence-electron chi connectivity index (χ4n) is 2.92. The van der Waals surface area contributed by atoms with Crippen LogP contribution >= 0.6 is 24.0 Å². The van der Waals surface area contributed by atoms with Crippen molar-refractivity contribution in [2.24, 2.45) is 4.99 Å². The highest BCUT2D eigenvalue weighted by Crippen LogP contribution is 2.12. The first-order valence-corrected chi connectivity index (χ1v) is 9.14. The average Bonchev–Trinajstić information content (AvgIpc) is 2.61.